The minimum absolute atomic E-state index is 0.139. The molecule has 1 aliphatic carbocycles. The SMILES string of the molecule is CC1=CC2(CCCCO2)c2ccccc2C1=O. The lowest BCUT2D eigenvalue weighted by Crippen LogP contribution is -2.36. The van der Waals surface area contributed by atoms with Crippen LogP contribution < -0.4 is 0 Å². The van der Waals surface area contributed by atoms with Gasteiger partial charge in [0.1, 0.15) is 5.60 Å². The van der Waals surface area contributed by atoms with Crippen molar-refractivity contribution in [2.45, 2.75) is 31.8 Å². The first-order valence-corrected chi connectivity index (χ1v) is 6.21. The van der Waals surface area contributed by atoms with Gasteiger partial charge >= 0.3 is 0 Å². The van der Waals surface area contributed by atoms with Crippen molar-refractivity contribution in [2.75, 3.05) is 6.61 Å². The van der Waals surface area contributed by atoms with Gasteiger partial charge in [0.25, 0.3) is 0 Å². The molecule has 0 N–H and O–H groups in total. The van der Waals surface area contributed by atoms with E-state index in [-0.39, 0.29) is 11.4 Å². The summed E-state index contributed by atoms with van der Waals surface area (Å²) < 4.78 is 6.02. The summed E-state index contributed by atoms with van der Waals surface area (Å²) in [6, 6.07) is 7.85. The van der Waals surface area contributed by atoms with E-state index in [1.807, 2.05) is 37.3 Å². The minimum Gasteiger partial charge on any atom is -0.366 e. The van der Waals surface area contributed by atoms with E-state index >= 15 is 0 Å². The lowest BCUT2D eigenvalue weighted by atomic mass is 9.76. The number of hydrogen-bond donors (Lipinski definition) is 0. The maximum absolute atomic E-state index is 12.1. The third kappa shape index (κ3) is 1.55. The lowest BCUT2D eigenvalue weighted by Gasteiger charge is -2.39. The molecule has 0 radical (unpaired) electrons. The van der Waals surface area contributed by atoms with Crippen LogP contribution in [0.4, 0.5) is 0 Å². The fraction of sp³-hybridized carbons (Fsp3) is 0.400. The van der Waals surface area contributed by atoms with Gasteiger partial charge in [-0.2, -0.15) is 0 Å². The van der Waals surface area contributed by atoms with E-state index < -0.39 is 0 Å². The Bertz CT molecular complexity index is 493. The van der Waals surface area contributed by atoms with Crippen LogP contribution in [0.25, 0.3) is 0 Å². The van der Waals surface area contributed by atoms with Crippen LogP contribution >= 0.6 is 0 Å². The highest BCUT2D eigenvalue weighted by Gasteiger charge is 2.39. The predicted molar refractivity (Wildman–Crippen MR) is 66.0 cm³/mol. The van der Waals surface area contributed by atoms with Crippen molar-refractivity contribution >= 4 is 5.78 Å². The van der Waals surface area contributed by atoms with Gasteiger partial charge in [0.2, 0.25) is 0 Å². The molecule has 17 heavy (non-hydrogen) atoms. The molecule has 1 unspecified atom stereocenters. The normalized spacial score (nSPS) is 27.8. The molecule has 1 fully saturated rings. The Balaban J connectivity index is 2.18. The molecule has 1 aromatic rings. The Labute approximate surface area is 101 Å². The van der Waals surface area contributed by atoms with Gasteiger partial charge in [-0.25, -0.2) is 0 Å². The molecule has 1 saturated heterocycles. The van der Waals surface area contributed by atoms with Crippen LogP contribution in [0.5, 0.6) is 0 Å². The average Bonchev–Trinajstić information content (AvgIpc) is 2.38. The molecular formula is C15H16O2. The van der Waals surface area contributed by atoms with E-state index in [0.29, 0.717) is 0 Å². The van der Waals surface area contributed by atoms with Crippen LogP contribution in [0.15, 0.2) is 35.9 Å². The van der Waals surface area contributed by atoms with Gasteiger partial charge in [-0.3, -0.25) is 4.79 Å². The number of fused-ring (bicyclic) bond motifs is 2. The monoisotopic (exact) mass is 228 g/mol. The van der Waals surface area contributed by atoms with Crippen molar-refractivity contribution in [3.05, 3.63) is 47.0 Å². The van der Waals surface area contributed by atoms with Crippen molar-refractivity contribution in [3.8, 4) is 0 Å². The molecule has 1 aromatic carbocycles. The van der Waals surface area contributed by atoms with E-state index in [9.17, 15) is 4.79 Å². The van der Waals surface area contributed by atoms with E-state index in [1.54, 1.807) is 0 Å². The molecular weight excluding hydrogens is 212 g/mol. The second kappa shape index (κ2) is 3.81. The average molecular weight is 228 g/mol. The van der Waals surface area contributed by atoms with E-state index in [4.69, 9.17) is 4.74 Å². The van der Waals surface area contributed by atoms with Crippen molar-refractivity contribution in [1.29, 1.82) is 0 Å². The minimum atomic E-state index is -0.340. The zero-order chi connectivity index (χ0) is 11.9. The maximum atomic E-state index is 12.1. The first kappa shape index (κ1) is 10.7. The Kier molecular flexibility index (Phi) is 2.40. The van der Waals surface area contributed by atoms with Gasteiger partial charge in [-0.05, 0) is 43.4 Å². The fourth-order valence-electron chi connectivity index (χ4n) is 2.90. The summed E-state index contributed by atoms with van der Waals surface area (Å²) in [5.41, 5.74) is 2.34. The molecule has 0 amide bonds. The van der Waals surface area contributed by atoms with Gasteiger partial charge in [0, 0.05) is 12.2 Å². The Morgan fingerprint density at radius 2 is 2.06 bits per heavy atom. The highest BCUT2D eigenvalue weighted by atomic mass is 16.5. The molecule has 2 aliphatic rings. The topological polar surface area (TPSA) is 26.3 Å². The molecule has 0 aromatic heterocycles. The van der Waals surface area contributed by atoms with Gasteiger partial charge in [0.05, 0.1) is 0 Å². The van der Waals surface area contributed by atoms with Crippen LogP contribution in [-0.2, 0) is 10.3 Å². The van der Waals surface area contributed by atoms with E-state index in [1.165, 1.54) is 0 Å². The number of Topliss-reactive ketones (excluding diaryl/α,β-unsaturated/α-hetero) is 1. The van der Waals surface area contributed by atoms with Gasteiger partial charge < -0.3 is 4.74 Å². The number of allylic oxidation sites excluding steroid dienone is 1. The summed E-state index contributed by atoms with van der Waals surface area (Å²) >= 11 is 0. The van der Waals surface area contributed by atoms with Crippen molar-refractivity contribution < 1.29 is 9.53 Å². The highest BCUT2D eigenvalue weighted by Crippen LogP contribution is 2.42. The zero-order valence-corrected chi connectivity index (χ0v) is 10.0. The third-order valence-electron chi connectivity index (χ3n) is 3.74. The predicted octanol–water partition coefficient (Wildman–Crippen LogP) is 3.23. The number of ether oxygens (including phenoxy) is 1. The Hall–Kier alpha value is -1.41. The quantitative estimate of drug-likeness (QED) is 0.681. The van der Waals surface area contributed by atoms with Crippen molar-refractivity contribution in [3.63, 3.8) is 0 Å². The van der Waals surface area contributed by atoms with Crippen LogP contribution in [0.2, 0.25) is 0 Å². The molecule has 1 aliphatic heterocycles. The van der Waals surface area contributed by atoms with Gasteiger partial charge in [-0.1, -0.05) is 24.3 Å². The first-order valence-electron chi connectivity index (χ1n) is 6.21. The molecule has 1 spiro atoms. The van der Waals surface area contributed by atoms with Crippen LogP contribution in [0.1, 0.15) is 42.1 Å². The molecule has 1 atom stereocenters. The molecule has 3 rings (SSSR count). The number of hydrogen-bond acceptors (Lipinski definition) is 2. The second-order valence-electron chi connectivity index (χ2n) is 4.90. The fourth-order valence-corrected chi connectivity index (χ4v) is 2.90. The van der Waals surface area contributed by atoms with Crippen LogP contribution in [-0.4, -0.2) is 12.4 Å². The summed E-state index contributed by atoms with van der Waals surface area (Å²) in [5.74, 6) is 0.139. The highest BCUT2D eigenvalue weighted by molar-refractivity contribution is 6.10. The molecule has 88 valence electrons. The maximum Gasteiger partial charge on any atom is 0.188 e. The van der Waals surface area contributed by atoms with Crippen molar-refractivity contribution in [1.82, 2.24) is 0 Å². The summed E-state index contributed by atoms with van der Waals surface area (Å²) in [7, 11) is 0. The second-order valence-corrected chi connectivity index (χ2v) is 4.90. The van der Waals surface area contributed by atoms with Gasteiger partial charge in [0.15, 0.2) is 5.78 Å². The zero-order valence-electron chi connectivity index (χ0n) is 10.0. The largest absolute Gasteiger partial charge is 0.366 e. The summed E-state index contributed by atoms with van der Waals surface area (Å²) in [5, 5.41) is 0. The van der Waals surface area contributed by atoms with Crippen LogP contribution in [0.3, 0.4) is 0 Å². The summed E-state index contributed by atoms with van der Waals surface area (Å²) in [6.45, 7) is 2.67. The standard InChI is InChI=1S/C15H16O2/c1-11-10-15(8-4-5-9-17-15)13-7-3-2-6-12(13)14(11)16/h2-3,6-7,10H,4-5,8-9H2,1H3. The number of benzene rings is 1. The summed E-state index contributed by atoms with van der Waals surface area (Å²) in [4.78, 5) is 12.1. The van der Waals surface area contributed by atoms with Crippen LogP contribution in [0, 0.1) is 0 Å². The molecule has 2 heteroatoms. The Morgan fingerprint density at radius 1 is 1.24 bits per heavy atom. The third-order valence-corrected chi connectivity index (χ3v) is 3.74. The number of ketones is 1. The molecule has 0 bridgehead atoms. The van der Waals surface area contributed by atoms with E-state index in [2.05, 4.69) is 0 Å². The smallest absolute Gasteiger partial charge is 0.188 e. The van der Waals surface area contributed by atoms with Crippen molar-refractivity contribution in [2.24, 2.45) is 0 Å². The molecule has 1 heterocycles. The lowest BCUT2D eigenvalue weighted by molar-refractivity contribution is -0.0492. The number of carbonyl (C=O) groups excluding carboxylic acids is 1. The van der Waals surface area contributed by atoms with Gasteiger partial charge in [-0.15, -0.1) is 0 Å². The number of carbonyl (C=O) groups is 1. The summed E-state index contributed by atoms with van der Waals surface area (Å²) in [6.07, 6.45) is 5.28. The molecule has 2 nitrogen and oxygen atoms in total. The van der Waals surface area contributed by atoms with E-state index in [0.717, 1.165) is 42.6 Å². The number of rotatable bonds is 0. The Morgan fingerprint density at radius 3 is 2.82 bits per heavy atom. The first-order chi connectivity index (χ1) is 8.23. The molecule has 0 saturated carbocycles.